The van der Waals surface area contributed by atoms with Gasteiger partial charge in [0.25, 0.3) is 0 Å². The molecule has 0 amide bonds. The van der Waals surface area contributed by atoms with Crippen LogP contribution in [-0.4, -0.2) is 36.3 Å². The lowest BCUT2D eigenvalue weighted by Gasteiger charge is -2.20. The number of hydrogen-bond donors (Lipinski definition) is 2. The molecule has 2 unspecified atom stereocenters. The van der Waals surface area contributed by atoms with Crippen LogP contribution in [0.25, 0.3) is 0 Å². The summed E-state index contributed by atoms with van der Waals surface area (Å²) in [5, 5.41) is 2.59. The molecule has 30 heavy (non-hydrogen) atoms. The highest BCUT2D eigenvalue weighted by Gasteiger charge is 2.29. The SMILES string of the molecule is COc1ccc(S(=O)(=O)C(CC(C)N)Nc2nc(Cc3ccc(C)cc3)ns2)cc1. The van der Waals surface area contributed by atoms with Crippen molar-refractivity contribution in [2.75, 3.05) is 12.4 Å². The van der Waals surface area contributed by atoms with E-state index in [-0.39, 0.29) is 17.4 Å². The number of methoxy groups -OCH3 is 1. The van der Waals surface area contributed by atoms with Gasteiger partial charge in [-0.3, -0.25) is 0 Å². The lowest BCUT2D eigenvalue weighted by atomic mass is 10.1. The molecule has 0 aliphatic heterocycles. The van der Waals surface area contributed by atoms with Gasteiger partial charge in [0.1, 0.15) is 16.9 Å². The molecule has 3 rings (SSSR count). The first-order valence-corrected chi connectivity index (χ1v) is 11.9. The minimum atomic E-state index is -3.68. The summed E-state index contributed by atoms with van der Waals surface area (Å²) >= 11 is 1.15. The maximum absolute atomic E-state index is 13.2. The highest BCUT2D eigenvalue weighted by molar-refractivity contribution is 7.92. The summed E-state index contributed by atoms with van der Waals surface area (Å²) in [6, 6.07) is 14.2. The van der Waals surface area contributed by atoms with E-state index in [1.165, 1.54) is 24.8 Å². The molecule has 3 N–H and O–H groups in total. The molecular formula is C21H26N4O3S2. The van der Waals surface area contributed by atoms with E-state index in [0.717, 1.165) is 17.1 Å². The second kappa shape index (κ2) is 9.55. The highest BCUT2D eigenvalue weighted by atomic mass is 32.2. The lowest BCUT2D eigenvalue weighted by molar-refractivity contribution is 0.414. The molecule has 0 spiro atoms. The Labute approximate surface area is 181 Å². The van der Waals surface area contributed by atoms with Gasteiger partial charge in [0, 0.05) is 24.0 Å². The quantitative estimate of drug-likeness (QED) is 0.519. The number of anilines is 1. The van der Waals surface area contributed by atoms with Crippen LogP contribution in [0.15, 0.2) is 53.4 Å². The fourth-order valence-corrected chi connectivity index (χ4v) is 5.32. The van der Waals surface area contributed by atoms with Crippen LogP contribution in [0.1, 0.15) is 30.3 Å². The average molecular weight is 447 g/mol. The van der Waals surface area contributed by atoms with Gasteiger partial charge in [0.05, 0.1) is 12.0 Å². The number of nitrogens with one attached hydrogen (secondary N) is 1. The lowest BCUT2D eigenvalue weighted by Crippen LogP contribution is -2.35. The predicted octanol–water partition coefficient (Wildman–Crippen LogP) is 3.40. The first-order chi connectivity index (χ1) is 14.3. The van der Waals surface area contributed by atoms with Crippen LogP contribution >= 0.6 is 11.5 Å². The summed E-state index contributed by atoms with van der Waals surface area (Å²) in [6.45, 7) is 3.82. The summed E-state index contributed by atoms with van der Waals surface area (Å²) in [4.78, 5) is 4.68. The van der Waals surface area contributed by atoms with Gasteiger partial charge in [-0.1, -0.05) is 29.8 Å². The Bertz CT molecular complexity index is 1060. The Morgan fingerprint density at radius 2 is 1.80 bits per heavy atom. The number of benzene rings is 2. The van der Waals surface area contributed by atoms with Gasteiger partial charge < -0.3 is 15.8 Å². The normalized spacial score (nSPS) is 13.6. The summed E-state index contributed by atoms with van der Waals surface area (Å²) in [5.41, 5.74) is 8.22. The van der Waals surface area contributed by atoms with Crippen molar-refractivity contribution in [3.63, 3.8) is 0 Å². The summed E-state index contributed by atoms with van der Waals surface area (Å²) in [6.07, 6.45) is 0.822. The number of nitrogens with two attached hydrogens (primary N) is 1. The molecule has 0 saturated carbocycles. The molecule has 160 valence electrons. The van der Waals surface area contributed by atoms with Crippen LogP contribution in [0.4, 0.5) is 5.13 Å². The molecule has 0 radical (unpaired) electrons. The number of nitrogens with zero attached hydrogens (tertiary/aromatic N) is 2. The van der Waals surface area contributed by atoms with Crippen molar-refractivity contribution < 1.29 is 13.2 Å². The molecule has 0 bridgehead atoms. The van der Waals surface area contributed by atoms with Crippen molar-refractivity contribution in [2.45, 2.75) is 43.0 Å². The largest absolute Gasteiger partial charge is 0.497 e. The molecule has 3 aromatic rings. The fourth-order valence-electron chi connectivity index (χ4n) is 2.94. The molecule has 0 aliphatic rings. The zero-order chi connectivity index (χ0) is 21.7. The van der Waals surface area contributed by atoms with Crippen molar-refractivity contribution in [3.8, 4) is 5.75 Å². The van der Waals surface area contributed by atoms with Gasteiger partial charge in [0.15, 0.2) is 9.84 Å². The van der Waals surface area contributed by atoms with Crippen molar-refractivity contribution in [3.05, 3.63) is 65.5 Å². The van der Waals surface area contributed by atoms with E-state index in [4.69, 9.17) is 10.5 Å². The summed E-state index contributed by atoms with van der Waals surface area (Å²) in [5.74, 6) is 1.24. The Hall–Kier alpha value is -2.49. The molecule has 1 aromatic heterocycles. The molecule has 0 saturated heterocycles. The number of sulfone groups is 1. The number of aryl methyl sites for hydroxylation is 1. The Kier molecular flexibility index (Phi) is 7.06. The van der Waals surface area contributed by atoms with Crippen LogP contribution < -0.4 is 15.8 Å². The van der Waals surface area contributed by atoms with Gasteiger partial charge in [-0.05, 0) is 50.1 Å². The Morgan fingerprint density at radius 1 is 1.13 bits per heavy atom. The van der Waals surface area contributed by atoms with E-state index in [1.54, 1.807) is 19.1 Å². The van der Waals surface area contributed by atoms with Gasteiger partial charge in [-0.15, -0.1) is 0 Å². The van der Waals surface area contributed by atoms with E-state index in [2.05, 4.69) is 14.7 Å². The summed E-state index contributed by atoms with van der Waals surface area (Å²) in [7, 11) is -2.15. The molecule has 2 atom stereocenters. The standard InChI is InChI=1S/C21H26N4O3S2/c1-14-4-6-16(7-5-14)13-19-23-21(29-25-19)24-20(12-15(2)22)30(26,27)18-10-8-17(28-3)9-11-18/h4-11,15,20H,12-13,22H2,1-3H3,(H,23,24,25). The molecule has 9 heteroatoms. The molecular weight excluding hydrogens is 420 g/mol. The third-order valence-corrected chi connectivity index (χ3v) is 7.26. The van der Waals surface area contributed by atoms with E-state index in [1.807, 2.05) is 31.2 Å². The van der Waals surface area contributed by atoms with Gasteiger partial charge in [0.2, 0.25) is 5.13 Å². The number of rotatable bonds is 9. The maximum Gasteiger partial charge on any atom is 0.203 e. The molecule has 2 aromatic carbocycles. The van der Waals surface area contributed by atoms with Crippen molar-refractivity contribution in [2.24, 2.45) is 5.73 Å². The zero-order valence-electron chi connectivity index (χ0n) is 17.2. The van der Waals surface area contributed by atoms with E-state index in [9.17, 15) is 8.42 Å². The second-order valence-corrected chi connectivity index (χ2v) is 10.1. The van der Waals surface area contributed by atoms with Gasteiger partial charge >= 0.3 is 0 Å². The Morgan fingerprint density at radius 3 is 2.40 bits per heavy atom. The Balaban J connectivity index is 1.79. The highest BCUT2D eigenvalue weighted by Crippen LogP contribution is 2.25. The number of aromatic nitrogens is 2. The predicted molar refractivity (Wildman–Crippen MR) is 120 cm³/mol. The zero-order valence-corrected chi connectivity index (χ0v) is 18.8. The first kappa shape index (κ1) is 22.2. The van der Waals surface area contributed by atoms with E-state index >= 15 is 0 Å². The van der Waals surface area contributed by atoms with Crippen molar-refractivity contribution in [1.82, 2.24) is 9.36 Å². The van der Waals surface area contributed by atoms with Crippen LogP contribution in [-0.2, 0) is 16.3 Å². The van der Waals surface area contributed by atoms with Crippen molar-refractivity contribution in [1.29, 1.82) is 0 Å². The smallest absolute Gasteiger partial charge is 0.203 e. The second-order valence-electron chi connectivity index (χ2n) is 7.24. The minimum Gasteiger partial charge on any atom is -0.497 e. The number of hydrogen-bond acceptors (Lipinski definition) is 8. The molecule has 0 fully saturated rings. The molecule has 7 nitrogen and oxygen atoms in total. The monoisotopic (exact) mass is 446 g/mol. The third-order valence-electron chi connectivity index (χ3n) is 4.58. The van der Waals surface area contributed by atoms with Crippen LogP contribution in [0, 0.1) is 6.92 Å². The van der Waals surface area contributed by atoms with E-state index in [0.29, 0.717) is 23.1 Å². The maximum atomic E-state index is 13.2. The van der Waals surface area contributed by atoms with Gasteiger partial charge in [-0.25, -0.2) is 13.4 Å². The molecule has 1 heterocycles. The van der Waals surface area contributed by atoms with E-state index < -0.39 is 15.2 Å². The first-order valence-electron chi connectivity index (χ1n) is 9.56. The van der Waals surface area contributed by atoms with Gasteiger partial charge in [-0.2, -0.15) is 4.37 Å². The van der Waals surface area contributed by atoms with Crippen LogP contribution in [0.2, 0.25) is 0 Å². The minimum absolute atomic E-state index is 0.200. The van der Waals surface area contributed by atoms with Crippen LogP contribution in [0.5, 0.6) is 5.75 Å². The van der Waals surface area contributed by atoms with Crippen molar-refractivity contribution >= 4 is 26.5 Å². The third kappa shape index (κ3) is 5.56. The summed E-state index contributed by atoms with van der Waals surface area (Å²) < 4.78 is 35.9. The molecule has 0 aliphatic carbocycles. The number of ether oxygens (including phenoxy) is 1. The van der Waals surface area contributed by atoms with Crippen LogP contribution in [0.3, 0.4) is 0 Å². The average Bonchev–Trinajstić information content (AvgIpc) is 3.16. The fraction of sp³-hybridized carbons (Fsp3) is 0.333. The topological polar surface area (TPSA) is 107 Å².